The number of nitrogens with one attached hydrogen (secondary N) is 1. The van der Waals surface area contributed by atoms with Crippen LogP contribution in [0.2, 0.25) is 0 Å². The maximum absolute atomic E-state index is 10.9. The quantitative estimate of drug-likeness (QED) is 0.857. The number of thiazole rings is 1. The zero-order valence-corrected chi connectivity index (χ0v) is 13.6. The lowest BCUT2D eigenvalue weighted by atomic mass is 10.1. The Balaban J connectivity index is 2.02. The van der Waals surface area contributed by atoms with E-state index in [2.05, 4.69) is 33.2 Å². The Labute approximate surface area is 130 Å². The molecule has 0 aliphatic heterocycles. The SMILES string of the molecule is Cc1cnc(C(C)NCc2ccc(C(=O)O)cc2Br)s1. The van der Waals surface area contributed by atoms with E-state index < -0.39 is 5.97 Å². The van der Waals surface area contributed by atoms with E-state index in [1.807, 2.05) is 19.2 Å². The van der Waals surface area contributed by atoms with Crippen LogP contribution in [0.5, 0.6) is 0 Å². The molecule has 2 rings (SSSR count). The molecular weight excluding hydrogens is 340 g/mol. The van der Waals surface area contributed by atoms with Crippen molar-refractivity contribution in [2.24, 2.45) is 0 Å². The number of aromatic carboxylic acids is 1. The number of nitrogens with zero attached hydrogens (tertiary/aromatic N) is 1. The Bertz CT molecular complexity index is 627. The average Bonchev–Trinajstić information content (AvgIpc) is 2.83. The molecule has 0 bridgehead atoms. The molecular formula is C14H15BrN2O2S. The third-order valence-electron chi connectivity index (χ3n) is 2.91. The molecule has 1 heterocycles. The maximum atomic E-state index is 10.9. The van der Waals surface area contributed by atoms with Gasteiger partial charge in [0.1, 0.15) is 5.01 Å². The van der Waals surface area contributed by atoms with Crippen LogP contribution in [0.4, 0.5) is 0 Å². The second-order valence-electron chi connectivity index (χ2n) is 4.52. The Morgan fingerprint density at radius 3 is 2.85 bits per heavy atom. The Morgan fingerprint density at radius 1 is 1.55 bits per heavy atom. The van der Waals surface area contributed by atoms with E-state index in [0.717, 1.165) is 15.0 Å². The van der Waals surface area contributed by atoms with Crippen molar-refractivity contribution in [3.63, 3.8) is 0 Å². The number of rotatable bonds is 5. The molecule has 1 aromatic carbocycles. The molecule has 0 aliphatic carbocycles. The van der Waals surface area contributed by atoms with Gasteiger partial charge in [0.25, 0.3) is 0 Å². The summed E-state index contributed by atoms with van der Waals surface area (Å²) in [7, 11) is 0. The number of aromatic nitrogens is 1. The van der Waals surface area contributed by atoms with Crippen LogP contribution in [0.15, 0.2) is 28.9 Å². The van der Waals surface area contributed by atoms with Gasteiger partial charge in [-0.05, 0) is 31.5 Å². The normalized spacial score (nSPS) is 12.3. The minimum absolute atomic E-state index is 0.166. The van der Waals surface area contributed by atoms with E-state index >= 15 is 0 Å². The van der Waals surface area contributed by atoms with Gasteiger partial charge in [0.15, 0.2) is 0 Å². The van der Waals surface area contributed by atoms with Crippen LogP contribution in [-0.2, 0) is 6.54 Å². The molecule has 4 nitrogen and oxygen atoms in total. The van der Waals surface area contributed by atoms with Crippen LogP contribution in [0.1, 0.15) is 38.8 Å². The van der Waals surface area contributed by atoms with Gasteiger partial charge in [-0.25, -0.2) is 9.78 Å². The van der Waals surface area contributed by atoms with Crippen molar-refractivity contribution in [2.45, 2.75) is 26.4 Å². The largest absolute Gasteiger partial charge is 0.478 e. The van der Waals surface area contributed by atoms with Gasteiger partial charge in [0, 0.05) is 22.1 Å². The summed E-state index contributed by atoms with van der Waals surface area (Å²) in [6, 6.07) is 5.22. The zero-order chi connectivity index (χ0) is 14.7. The summed E-state index contributed by atoms with van der Waals surface area (Å²) < 4.78 is 0.799. The predicted molar refractivity (Wildman–Crippen MR) is 83.2 cm³/mol. The van der Waals surface area contributed by atoms with Crippen LogP contribution in [0, 0.1) is 6.92 Å². The molecule has 1 unspecified atom stereocenters. The summed E-state index contributed by atoms with van der Waals surface area (Å²) in [6.45, 7) is 4.76. The van der Waals surface area contributed by atoms with E-state index in [-0.39, 0.29) is 11.6 Å². The predicted octanol–water partition coefficient (Wildman–Crippen LogP) is 3.76. The fraction of sp³-hybridized carbons (Fsp3) is 0.286. The van der Waals surface area contributed by atoms with Gasteiger partial charge in [-0.2, -0.15) is 0 Å². The third kappa shape index (κ3) is 3.65. The molecule has 0 radical (unpaired) electrons. The number of carbonyl (C=O) groups is 1. The van der Waals surface area contributed by atoms with E-state index in [4.69, 9.17) is 5.11 Å². The van der Waals surface area contributed by atoms with Gasteiger partial charge in [-0.1, -0.05) is 22.0 Å². The number of halogens is 1. The lowest BCUT2D eigenvalue weighted by molar-refractivity contribution is 0.0697. The second-order valence-corrected chi connectivity index (χ2v) is 6.64. The number of hydrogen-bond acceptors (Lipinski definition) is 4. The van der Waals surface area contributed by atoms with Crippen LogP contribution in [0.25, 0.3) is 0 Å². The first-order valence-corrected chi connectivity index (χ1v) is 7.75. The molecule has 0 aliphatic rings. The molecule has 0 saturated carbocycles. The summed E-state index contributed by atoms with van der Waals surface area (Å²) in [4.78, 5) is 16.4. The second kappa shape index (κ2) is 6.47. The minimum Gasteiger partial charge on any atom is -0.478 e. The van der Waals surface area contributed by atoms with Crippen molar-refractivity contribution in [3.05, 3.63) is 49.9 Å². The maximum Gasteiger partial charge on any atom is 0.335 e. The number of carboxylic acid groups (broad SMARTS) is 1. The minimum atomic E-state index is -0.920. The molecule has 0 fully saturated rings. The van der Waals surface area contributed by atoms with Crippen LogP contribution in [-0.4, -0.2) is 16.1 Å². The van der Waals surface area contributed by atoms with Crippen LogP contribution in [0.3, 0.4) is 0 Å². The van der Waals surface area contributed by atoms with Gasteiger partial charge in [0.05, 0.1) is 11.6 Å². The van der Waals surface area contributed by atoms with Crippen molar-refractivity contribution >= 4 is 33.2 Å². The number of carboxylic acids is 1. The molecule has 0 saturated heterocycles. The topological polar surface area (TPSA) is 62.2 Å². The molecule has 2 aromatic rings. The first-order chi connectivity index (χ1) is 9.47. The first kappa shape index (κ1) is 15.2. The van der Waals surface area contributed by atoms with Crippen molar-refractivity contribution in [1.82, 2.24) is 10.3 Å². The van der Waals surface area contributed by atoms with Crippen molar-refractivity contribution < 1.29 is 9.90 Å². The molecule has 1 aromatic heterocycles. The first-order valence-electron chi connectivity index (χ1n) is 6.15. The Kier molecular flexibility index (Phi) is 4.91. The van der Waals surface area contributed by atoms with Crippen molar-refractivity contribution in [2.75, 3.05) is 0 Å². The third-order valence-corrected chi connectivity index (χ3v) is 4.74. The van der Waals surface area contributed by atoms with Crippen LogP contribution >= 0.6 is 27.3 Å². The van der Waals surface area contributed by atoms with Gasteiger partial charge >= 0.3 is 5.97 Å². The van der Waals surface area contributed by atoms with Crippen LogP contribution < -0.4 is 5.32 Å². The lowest BCUT2D eigenvalue weighted by Crippen LogP contribution is -2.18. The van der Waals surface area contributed by atoms with E-state index in [1.165, 1.54) is 4.88 Å². The van der Waals surface area contributed by atoms with E-state index in [9.17, 15) is 4.79 Å². The standard InChI is InChI=1S/C14H15BrN2O2S/c1-8-6-17-13(20-8)9(2)16-7-11-4-3-10(14(18)19)5-12(11)15/h3-6,9,16H,7H2,1-2H3,(H,18,19). The zero-order valence-electron chi connectivity index (χ0n) is 11.2. The Morgan fingerprint density at radius 2 is 2.30 bits per heavy atom. The van der Waals surface area contributed by atoms with E-state index in [1.54, 1.807) is 23.5 Å². The molecule has 20 heavy (non-hydrogen) atoms. The van der Waals surface area contributed by atoms with Crippen molar-refractivity contribution in [3.8, 4) is 0 Å². The van der Waals surface area contributed by atoms with E-state index in [0.29, 0.717) is 6.54 Å². The highest BCUT2D eigenvalue weighted by Gasteiger charge is 2.11. The summed E-state index contributed by atoms with van der Waals surface area (Å²) in [5.41, 5.74) is 1.30. The fourth-order valence-electron chi connectivity index (χ4n) is 1.75. The summed E-state index contributed by atoms with van der Waals surface area (Å²) in [5, 5.41) is 13.4. The molecule has 2 N–H and O–H groups in total. The molecule has 106 valence electrons. The summed E-state index contributed by atoms with van der Waals surface area (Å²) in [6.07, 6.45) is 1.87. The van der Waals surface area contributed by atoms with Gasteiger partial charge in [0.2, 0.25) is 0 Å². The fourth-order valence-corrected chi connectivity index (χ4v) is 3.07. The monoisotopic (exact) mass is 354 g/mol. The number of aryl methyl sites for hydroxylation is 1. The molecule has 1 atom stereocenters. The van der Waals surface area contributed by atoms with Gasteiger partial charge < -0.3 is 10.4 Å². The average molecular weight is 355 g/mol. The smallest absolute Gasteiger partial charge is 0.335 e. The highest BCUT2D eigenvalue weighted by atomic mass is 79.9. The Hall–Kier alpha value is -1.24. The lowest BCUT2D eigenvalue weighted by Gasteiger charge is -2.12. The molecule has 0 amide bonds. The highest BCUT2D eigenvalue weighted by molar-refractivity contribution is 9.10. The molecule has 0 spiro atoms. The van der Waals surface area contributed by atoms with Crippen molar-refractivity contribution in [1.29, 1.82) is 0 Å². The van der Waals surface area contributed by atoms with Gasteiger partial charge in [-0.15, -0.1) is 11.3 Å². The summed E-state index contributed by atoms with van der Waals surface area (Å²) in [5.74, 6) is -0.920. The van der Waals surface area contributed by atoms with Gasteiger partial charge in [-0.3, -0.25) is 0 Å². The summed E-state index contributed by atoms with van der Waals surface area (Å²) >= 11 is 5.09. The number of hydrogen-bond donors (Lipinski definition) is 2. The molecule has 6 heteroatoms. The highest BCUT2D eigenvalue weighted by Crippen LogP contribution is 2.22. The number of benzene rings is 1.